The number of aliphatic hydroxyl groups excluding tert-OH is 1. The van der Waals surface area contributed by atoms with E-state index in [-0.39, 0.29) is 6.61 Å². The standard InChI is InChI=1S/C10H19F3O2/c1-2-3-4-5-6-15-8(7-11)9(12)10(13)14/h8-10,14H,2-7H2,1H3. The van der Waals surface area contributed by atoms with Crippen LogP contribution in [0.2, 0.25) is 0 Å². The van der Waals surface area contributed by atoms with Gasteiger partial charge in [-0.25, -0.2) is 13.2 Å². The van der Waals surface area contributed by atoms with Gasteiger partial charge in [0.05, 0.1) is 0 Å². The Bertz CT molecular complexity index is 145. The molecule has 0 aliphatic carbocycles. The van der Waals surface area contributed by atoms with Crippen molar-refractivity contribution >= 4 is 0 Å². The monoisotopic (exact) mass is 228 g/mol. The minimum atomic E-state index is -2.68. The van der Waals surface area contributed by atoms with Crippen LogP contribution in [0.1, 0.15) is 32.6 Å². The molecule has 2 nitrogen and oxygen atoms in total. The molecule has 0 amide bonds. The van der Waals surface area contributed by atoms with Crippen LogP contribution < -0.4 is 0 Å². The normalized spacial score (nSPS) is 17.4. The molecular weight excluding hydrogens is 209 g/mol. The summed E-state index contributed by atoms with van der Waals surface area (Å²) in [5, 5.41) is 8.27. The summed E-state index contributed by atoms with van der Waals surface area (Å²) in [4.78, 5) is 0. The molecule has 5 heteroatoms. The summed E-state index contributed by atoms with van der Waals surface area (Å²) in [6.07, 6.45) is -2.77. The molecule has 0 saturated heterocycles. The molecule has 0 radical (unpaired) electrons. The molecule has 0 aromatic heterocycles. The summed E-state index contributed by atoms with van der Waals surface area (Å²) in [7, 11) is 0. The Labute approximate surface area is 88.4 Å². The van der Waals surface area contributed by atoms with Crippen LogP contribution in [0, 0.1) is 0 Å². The van der Waals surface area contributed by atoms with Crippen LogP contribution in [0.4, 0.5) is 13.2 Å². The first-order chi connectivity index (χ1) is 7.13. The van der Waals surface area contributed by atoms with Crippen LogP contribution in [-0.4, -0.2) is 37.0 Å². The Kier molecular flexibility index (Phi) is 8.80. The molecule has 0 aliphatic rings. The maximum absolute atomic E-state index is 12.8. The van der Waals surface area contributed by atoms with Gasteiger partial charge in [0.15, 0.2) is 6.17 Å². The third kappa shape index (κ3) is 6.73. The summed E-state index contributed by atoms with van der Waals surface area (Å²) in [6, 6.07) is 0. The Balaban J connectivity index is 3.61. The number of unbranched alkanes of at least 4 members (excludes halogenated alkanes) is 3. The minimum Gasteiger partial charge on any atom is -0.372 e. The number of hydrogen-bond acceptors (Lipinski definition) is 2. The zero-order valence-electron chi connectivity index (χ0n) is 8.96. The Morgan fingerprint density at radius 2 is 1.87 bits per heavy atom. The predicted octanol–water partition coefficient (Wildman–Crippen LogP) is 2.55. The van der Waals surface area contributed by atoms with E-state index < -0.39 is 25.3 Å². The SMILES string of the molecule is CCCCCCOC(CF)C(F)C(O)F. The maximum atomic E-state index is 12.8. The van der Waals surface area contributed by atoms with Gasteiger partial charge in [-0.15, -0.1) is 0 Å². The van der Waals surface area contributed by atoms with Crippen molar-refractivity contribution in [2.24, 2.45) is 0 Å². The Morgan fingerprint density at radius 1 is 1.20 bits per heavy atom. The van der Waals surface area contributed by atoms with Gasteiger partial charge in [-0.2, -0.15) is 0 Å². The van der Waals surface area contributed by atoms with E-state index in [1.54, 1.807) is 0 Å². The second-order valence-corrected chi connectivity index (χ2v) is 3.44. The lowest BCUT2D eigenvalue weighted by Gasteiger charge is -2.18. The molecule has 0 aliphatic heterocycles. The van der Waals surface area contributed by atoms with Crippen molar-refractivity contribution < 1.29 is 23.0 Å². The smallest absolute Gasteiger partial charge is 0.230 e. The summed E-state index contributed by atoms with van der Waals surface area (Å²) >= 11 is 0. The summed E-state index contributed by atoms with van der Waals surface area (Å²) in [5.74, 6) is 0. The van der Waals surface area contributed by atoms with Gasteiger partial charge in [0.25, 0.3) is 0 Å². The van der Waals surface area contributed by atoms with Crippen LogP contribution in [0.25, 0.3) is 0 Å². The molecule has 3 atom stereocenters. The Morgan fingerprint density at radius 3 is 2.33 bits per heavy atom. The second-order valence-electron chi connectivity index (χ2n) is 3.44. The van der Waals surface area contributed by atoms with Crippen molar-refractivity contribution in [3.63, 3.8) is 0 Å². The summed E-state index contributed by atoms with van der Waals surface area (Å²) < 4.78 is 41.9. The fourth-order valence-electron chi connectivity index (χ4n) is 1.16. The van der Waals surface area contributed by atoms with E-state index in [1.807, 2.05) is 6.92 Å². The largest absolute Gasteiger partial charge is 0.372 e. The van der Waals surface area contributed by atoms with E-state index in [2.05, 4.69) is 0 Å². The Hall–Kier alpha value is -0.290. The highest BCUT2D eigenvalue weighted by Gasteiger charge is 2.28. The topological polar surface area (TPSA) is 29.5 Å². The molecule has 1 N–H and O–H groups in total. The molecule has 0 saturated carbocycles. The highest BCUT2D eigenvalue weighted by atomic mass is 19.2. The quantitative estimate of drug-likeness (QED) is 0.614. The molecule has 3 unspecified atom stereocenters. The predicted molar refractivity (Wildman–Crippen MR) is 51.9 cm³/mol. The molecule has 0 spiro atoms. The van der Waals surface area contributed by atoms with Gasteiger partial charge >= 0.3 is 0 Å². The second kappa shape index (κ2) is 8.97. The maximum Gasteiger partial charge on any atom is 0.230 e. The van der Waals surface area contributed by atoms with Gasteiger partial charge in [-0.05, 0) is 6.42 Å². The van der Waals surface area contributed by atoms with E-state index in [0.717, 1.165) is 19.3 Å². The number of alkyl halides is 3. The number of aliphatic hydroxyl groups is 1. The van der Waals surface area contributed by atoms with Crippen molar-refractivity contribution in [2.75, 3.05) is 13.3 Å². The summed E-state index contributed by atoms with van der Waals surface area (Å²) in [5.41, 5.74) is 0. The van der Waals surface area contributed by atoms with E-state index in [4.69, 9.17) is 9.84 Å². The van der Waals surface area contributed by atoms with Crippen LogP contribution in [-0.2, 0) is 4.74 Å². The van der Waals surface area contributed by atoms with Crippen molar-refractivity contribution in [1.29, 1.82) is 0 Å². The number of ether oxygens (including phenoxy) is 1. The van der Waals surface area contributed by atoms with Crippen LogP contribution >= 0.6 is 0 Å². The lowest BCUT2D eigenvalue weighted by Crippen LogP contribution is -2.35. The van der Waals surface area contributed by atoms with Crippen molar-refractivity contribution in [3.8, 4) is 0 Å². The molecule has 0 aromatic carbocycles. The molecule has 15 heavy (non-hydrogen) atoms. The lowest BCUT2D eigenvalue weighted by atomic mass is 10.2. The number of rotatable bonds is 9. The van der Waals surface area contributed by atoms with Crippen molar-refractivity contribution in [2.45, 2.75) is 51.2 Å². The average Bonchev–Trinajstić information content (AvgIpc) is 2.22. The van der Waals surface area contributed by atoms with Gasteiger partial charge in [-0.1, -0.05) is 26.2 Å². The third-order valence-electron chi connectivity index (χ3n) is 2.10. The van der Waals surface area contributed by atoms with Crippen LogP contribution in [0.5, 0.6) is 0 Å². The highest BCUT2D eigenvalue weighted by molar-refractivity contribution is 4.70. The first-order valence-corrected chi connectivity index (χ1v) is 5.27. The minimum absolute atomic E-state index is 0.196. The third-order valence-corrected chi connectivity index (χ3v) is 2.10. The van der Waals surface area contributed by atoms with Crippen LogP contribution in [0.15, 0.2) is 0 Å². The molecule has 0 aromatic rings. The zero-order valence-corrected chi connectivity index (χ0v) is 8.96. The number of halogens is 3. The van der Waals surface area contributed by atoms with Crippen LogP contribution in [0.3, 0.4) is 0 Å². The number of hydrogen-bond donors (Lipinski definition) is 1. The van der Waals surface area contributed by atoms with E-state index in [0.29, 0.717) is 6.42 Å². The fourth-order valence-corrected chi connectivity index (χ4v) is 1.16. The molecule has 92 valence electrons. The molecular formula is C10H19F3O2. The molecule has 0 fully saturated rings. The first kappa shape index (κ1) is 14.7. The van der Waals surface area contributed by atoms with Gasteiger partial charge in [0.1, 0.15) is 12.8 Å². The van der Waals surface area contributed by atoms with E-state index >= 15 is 0 Å². The molecule has 0 heterocycles. The zero-order chi connectivity index (χ0) is 11.7. The lowest BCUT2D eigenvalue weighted by molar-refractivity contribution is -0.105. The van der Waals surface area contributed by atoms with E-state index in [1.165, 1.54) is 0 Å². The van der Waals surface area contributed by atoms with Gasteiger partial charge in [-0.3, -0.25) is 0 Å². The first-order valence-electron chi connectivity index (χ1n) is 5.27. The van der Waals surface area contributed by atoms with Gasteiger partial charge in [0.2, 0.25) is 6.36 Å². The van der Waals surface area contributed by atoms with Crippen molar-refractivity contribution in [1.82, 2.24) is 0 Å². The average molecular weight is 228 g/mol. The highest BCUT2D eigenvalue weighted by Crippen LogP contribution is 2.12. The van der Waals surface area contributed by atoms with Gasteiger partial charge in [0, 0.05) is 6.61 Å². The fraction of sp³-hybridized carbons (Fsp3) is 1.00. The molecule has 0 rings (SSSR count). The van der Waals surface area contributed by atoms with Gasteiger partial charge < -0.3 is 9.84 Å². The van der Waals surface area contributed by atoms with Crippen molar-refractivity contribution in [3.05, 3.63) is 0 Å². The van der Waals surface area contributed by atoms with E-state index in [9.17, 15) is 13.2 Å². The molecule has 0 bridgehead atoms. The summed E-state index contributed by atoms with van der Waals surface area (Å²) in [6.45, 7) is 1.11.